The van der Waals surface area contributed by atoms with Crippen molar-refractivity contribution in [2.75, 3.05) is 18.4 Å². The largest absolute Gasteiger partial charge is 0.459 e. The third-order valence-electron chi connectivity index (χ3n) is 5.94. The second-order valence-electron chi connectivity index (χ2n) is 8.26. The van der Waals surface area contributed by atoms with E-state index in [0.29, 0.717) is 37.2 Å². The van der Waals surface area contributed by atoms with E-state index in [1.165, 1.54) is 6.26 Å². The van der Waals surface area contributed by atoms with Crippen LogP contribution < -0.4 is 5.32 Å². The van der Waals surface area contributed by atoms with Gasteiger partial charge in [0.25, 0.3) is 11.8 Å². The molecule has 164 valence electrons. The van der Waals surface area contributed by atoms with E-state index in [-0.39, 0.29) is 29.3 Å². The second kappa shape index (κ2) is 9.22. The van der Waals surface area contributed by atoms with Crippen molar-refractivity contribution < 1.29 is 18.8 Å². The molecule has 0 aliphatic carbocycles. The second-order valence-corrected chi connectivity index (χ2v) is 8.26. The van der Waals surface area contributed by atoms with Gasteiger partial charge in [-0.3, -0.25) is 14.4 Å². The molecule has 0 bridgehead atoms. The predicted octanol–water partition coefficient (Wildman–Crippen LogP) is 4.88. The van der Waals surface area contributed by atoms with Gasteiger partial charge >= 0.3 is 0 Å². The Morgan fingerprint density at radius 3 is 2.31 bits per heavy atom. The first-order valence-corrected chi connectivity index (χ1v) is 10.8. The molecule has 1 saturated heterocycles. The van der Waals surface area contributed by atoms with Gasteiger partial charge in [0.1, 0.15) is 0 Å². The minimum absolute atomic E-state index is 0.0559. The lowest BCUT2D eigenvalue weighted by Gasteiger charge is -2.31. The molecule has 32 heavy (non-hydrogen) atoms. The van der Waals surface area contributed by atoms with Crippen LogP contribution in [0.3, 0.4) is 0 Å². The van der Waals surface area contributed by atoms with Crippen LogP contribution in [-0.4, -0.2) is 35.6 Å². The fourth-order valence-corrected chi connectivity index (χ4v) is 4.13. The van der Waals surface area contributed by atoms with Gasteiger partial charge in [-0.25, -0.2) is 0 Å². The Morgan fingerprint density at radius 1 is 0.969 bits per heavy atom. The smallest absolute Gasteiger partial charge is 0.291 e. The Hall–Kier alpha value is -3.67. The minimum atomic E-state index is -0.343. The van der Waals surface area contributed by atoms with Crippen molar-refractivity contribution in [2.45, 2.75) is 26.7 Å². The maximum Gasteiger partial charge on any atom is 0.291 e. The SMILES string of the molecule is Cc1ccc(C(=O)C2CCN(C(=O)c3ccc(NC(=O)c4ccco4)cc3)CC2)c(C)c1. The zero-order valence-corrected chi connectivity index (χ0v) is 18.3. The number of amides is 2. The first-order valence-electron chi connectivity index (χ1n) is 10.8. The van der Waals surface area contributed by atoms with Crippen molar-refractivity contribution in [1.82, 2.24) is 4.90 Å². The molecule has 2 heterocycles. The number of benzene rings is 2. The zero-order chi connectivity index (χ0) is 22.7. The van der Waals surface area contributed by atoms with Crippen LogP contribution in [0.15, 0.2) is 65.3 Å². The molecule has 1 aromatic heterocycles. The third-order valence-corrected chi connectivity index (χ3v) is 5.94. The maximum absolute atomic E-state index is 12.9. The summed E-state index contributed by atoms with van der Waals surface area (Å²) in [6, 6.07) is 16.0. The Labute approximate surface area is 187 Å². The summed E-state index contributed by atoms with van der Waals surface area (Å²) in [5.41, 5.74) is 4.08. The van der Waals surface area contributed by atoms with Crippen LogP contribution in [-0.2, 0) is 0 Å². The van der Waals surface area contributed by atoms with Gasteiger partial charge in [0.05, 0.1) is 6.26 Å². The van der Waals surface area contributed by atoms with Gasteiger partial charge in [-0.2, -0.15) is 0 Å². The van der Waals surface area contributed by atoms with Crippen molar-refractivity contribution in [3.05, 3.63) is 88.9 Å². The number of hydrogen-bond donors (Lipinski definition) is 1. The number of carbonyl (C=O) groups is 3. The molecular formula is C26H26N2O4. The average Bonchev–Trinajstić information content (AvgIpc) is 3.34. The Morgan fingerprint density at radius 2 is 1.69 bits per heavy atom. The lowest BCUT2D eigenvalue weighted by atomic mass is 9.87. The molecule has 1 aliphatic heterocycles. The first-order chi connectivity index (χ1) is 15.4. The number of rotatable bonds is 5. The van der Waals surface area contributed by atoms with Gasteiger partial charge in [-0.15, -0.1) is 0 Å². The molecule has 2 aromatic carbocycles. The van der Waals surface area contributed by atoms with E-state index in [2.05, 4.69) is 5.32 Å². The van der Waals surface area contributed by atoms with E-state index >= 15 is 0 Å². The van der Waals surface area contributed by atoms with Gasteiger partial charge in [0.2, 0.25) is 0 Å². The minimum Gasteiger partial charge on any atom is -0.459 e. The number of likely N-dealkylation sites (tertiary alicyclic amines) is 1. The molecule has 6 nitrogen and oxygen atoms in total. The number of nitrogens with one attached hydrogen (secondary N) is 1. The summed E-state index contributed by atoms with van der Waals surface area (Å²) in [5, 5.41) is 2.74. The lowest BCUT2D eigenvalue weighted by molar-refractivity contribution is 0.0650. The number of nitrogens with zero attached hydrogens (tertiary/aromatic N) is 1. The standard InChI is InChI=1S/C26H26N2O4/c1-17-5-10-22(18(2)16-17)24(29)19-11-13-28(14-12-19)26(31)20-6-8-21(9-7-20)27-25(30)23-4-3-15-32-23/h3-10,15-16,19H,11-14H2,1-2H3,(H,27,30). The highest BCUT2D eigenvalue weighted by Gasteiger charge is 2.29. The molecule has 0 unspecified atom stereocenters. The lowest BCUT2D eigenvalue weighted by Crippen LogP contribution is -2.40. The number of aryl methyl sites for hydroxylation is 2. The summed E-state index contributed by atoms with van der Waals surface area (Å²) < 4.78 is 5.08. The molecule has 0 atom stereocenters. The quantitative estimate of drug-likeness (QED) is 0.585. The highest BCUT2D eigenvalue weighted by Crippen LogP contribution is 2.25. The molecule has 4 rings (SSSR count). The highest BCUT2D eigenvalue weighted by atomic mass is 16.3. The molecule has 1 aliphatic rings. The monoisotopic (exact) mass is 430 g/mol. The van der Waals surface area contributed by atoms with E-state index in [9.17, 15) is 14.4 Å². The fraction of sp³-hybridized carbons (Fsp3) is 0.269. The summed E-state index contributed by atoms with van der Waals surface area (Å²) in [6.07, 6.45) is 2.76. The molecular weight excluding hydrogens is 404 g/mol. The molecule has 1 fully saturated rings. The van der Waals surface area contributed by atoms with Crippen LogP contribution in [0, 0.1) is 19.8 Å². The van der Waals surface area contributed by atoms with Crippen molar-refractivity contribution in [3.63, 3.8) is 0 Å². The van der Waals surface area contributed by atoms with Crippen LogP contribution in [0.25, 0.3) is 0 Å². The molecule has 1 N–H and O–H groups in total. The van der Waals surface area contributed by atoms with Crippen LogP contribution in [0.5, 0.6) is 0 Å². The van der Waals surface area contributed by atoms with Gasteiger partial charge in [-0.1, -0.05) is 23.8 Å². The number of anilines is 1. The van der Waals surface area contributed by atoms with E-state index in [0.717, 1.165) is 16.7 Å². The molecule has 0 spiro atoms. The Kier molecular flexibility index (Phi) is 6.21. The number of furan rings is 1. The van der Waals surface area contributed by atoms with E-state index in [4.69, 9.17) is 4.42 Å². The van der Waals surface area contributed by atoms with Gasteiger partial charge in [0.15, 0.2) is 11.5 Å². The topological polar surface area (TPSA) is 79.6 Å². The van der Waals surface area contributed by atoms with Crippen LogP contribution in [0.1, 0.15) is 55.2 Å². The number of carbonyl (C=O) groups excluding carboxylic acids is 3. The van der Waals surface area contributed by atoms with Gasteiger partial charge < -0.3 is 14.6 Å². The number of Topliss-reactive ketones (excluding diaryl/α,β-unsaturated/α-hetero) is 1. The summed E-state index contributed by atoms with van der Waals surface area (Å²) >= 11 is 0. The molecule has 0 saturated carbocycles. The highest BCUT2D eigenvalue weighted by molar-refractivity contribution is 6.03. The Bertz CT molecular complexity index is 1130. The molecule has 3 aromatic rings. The van der Waals surface area contributed by atoms with E-state index in [1.807, 2.05) is 32.0 Å². The molecule has 2 amide bonds. The number of ketones is 1. The van der Waals surface area contributed by atoms with Gasteiger partial charge in [0, 0.05) is 35.8 Å². The zero-order valence-electron chi connectivity index (χ0n) is 18.3. The van der Waals surface area contributed by atoms with Crippen molar-refractivity contribution >= 4 is 23.3 Å². The van der Waals surface area contributed by atoms with Crippen molar-refractivity contribution in [2.24, 2.45) is 5.92 Å². The van der Waals surface area contributed by atoms with E-state index in [1.54, 1.807) is 41.3 Å². The fourth-order valence-electron chi connectivity index (χ4n) is 4.13. The third kappa shape index (κ3) is 4.64. The molecule has 0 radical (unpaired) electrons. The number of piperidine rings is 1. The van der Waals surface area contributed by atoms with Crippen LogP contribution in [0.4, 0.5) is 5.69 Å². The molecule has 6 heteroatoms. The van der Waals surface area contributed by atoms with Gasteiger partial charge in [-0.05, 0) is 68.7 Å². The summed E-state index contributed by atoms with van der Waals surface area (Å²) in [4.78, 5) is 39.7. The summed E-state index contributed by atoms with van der Waals surface area (Å²) in [5.74, 6) is -0.0646. The Balaban J connectivity index is 1.34. The maximum atomic E-state index is 12.9. The average molecular weight is 431 g/mol. The summed E-state index contributed by atoms with van der Waals surface area (Å²) in [7, 11) is 0. The first kappa shape index (κ1) is 21.6. The van der Waals surface area contributed by atoms with E-state index < -0.39 is 0 Å². The summed E-state index contributed by atoms with van der Waals surface area (Å²) in [6.45, 7) is 5.10. The van der Waals surface area contributed by atoms with Crippen LogP contribution in [0.2, 0.25) is 0 Å². The normalized spacial score (nSPS) is 14.2. The van der Waals surface area contributed by atoms with Crippen molar-refractivity contribution in [1.29, 1.82) is 0 Å². The number of hydrogen-bond acceptors (Lipinski definition) is 4. The van der Waals surface area contributed by atoms with Crippen molar-refractivity contribution in [3.8, 4) is 0 Å². The predicted molar refractivity (Wildman–Crippen MR) is 122 cm³/mol. The van der Waals surface area contributed by atoms with Crippen LogP contribution >= 0.6 is 0 Å².